The number of rotatable bonds is 16. The molecule has 0 aliphatic rings. The van der Waals surface area contributed by atoms with Gasteiger partial charge in [0.05, 0.1) is 6.10 Å². The molecule has 0 saturated heterocycles. The van der Waals surface area contributed by atoms with E-state index in [4.69, 9.17) is 5.73 Å². The summed E-state index contributed by atoms with van der Waals surface area (Å²) >= 11 is 0. The Morgan fingerprint density at radius 1 is 0.955 bits per heavy atom. The molecule has 4 nitrogen and oxygen atoms in total. The van der Waals surface area contributed by atoms with Gasteiger partial charge in [-0.3, -0.25) is 4.79 Å². The second-order valence-electron chi connectivity index (χ2n) is 6.32. The van der Waals surface area contributed by atoms with Crippen LogP contribution >= 0.6 is 0 Å². The van der Waals surface area contributed by atoms with Crippen molar-refractivity contribution < 1.29 is 9.90 Å². The van der Waals surface area contributed by atoms with Crippen LogP contribution in [0.5, 0.6) is 0 Å². The highest BCUT2D eigenvalue weighted by Crippen LogP contribution is 2.11. The summed E-state index contributed by atoms with van der Waals surface area (Å²) in [6.07, 6.45) is 14.8. The number of aliphatic hydroxyl groups is 1. The van der Waals surface area contributed by atoms with Crippen LogP contribution in [0.2, 0.25) is 0 Å². The predicted octanol–water partition coefficient (Wildman–Crippen LogP) is 3.51. The van der Waals surface area contributed by atoms with Crippen molar-refractivity contribution in [3.05, 3.63) is 0 Å². The van der Waals surface area contributed by atoms with Gasteiger partial charge in [0.1, 0.15) is 0 Å². The van der Waals surface area contributed by atoms with Gasteiger partial charge in [-0.05, 0) is 19.4 Å². The molecule has 0 aliphatic carbocycles. The summed E-state index contributed by atoms with van der Waals surface area (Å²) in [6, 6.07) is 0. The van der Waals surface area contributed by atoms with Gasteiger partial charge in [-0.2, -0.15) is 0 Å². The predicted molar refractivity (Wildman–Crippen MR) is 93.8 cm³/mol. The first-order valence-electron chi connectivity index (χ1n) is 9.35. The topological polar surface area (TPSA) is 75.3 Å². The van der Waals surface area contributed by atoms with Crippen LogP contribution in [0.25, 0.3) is 0 Å². The third kappa shape index (κ3) is 15.8. The summed E-state index contributed by atoms with van der Waals surface area (Å²) in [6.45, 7) is 3.03. The molecular weight excluding hydrogens is 276 g/mol. The van der Waals surface area contributed by atoms with E-state index in [0.717, 1.165) is 12.8 Å². The highest BCUT2D eigenvalue weighted by Gasteiger charge is 2.05. The van der Waals surface area contributed by atoms with E-state index in [9.17, 15) is 9.90 Å². The molecule has 4 heteroatoms. The lowest BCUT2D eigenvalue weighted by atomic mass is 10.1. The molecule has 1 amide bonds. The van der Waals surface area contributed by atoms with Gasteiger partial charge < -0.3 is 16.2 Å². The fourth-order valence-electron chi connectivity index (χ4n) is 2.56. The maximum atomic E-state index is 11.6. The Morgan fingerprint density at radius 2 is 1.45 bits per heavy atom. The summed E-state index contributed by atoms with van der Waals surface area (Å²) in [5.74, 6) is 0.0481. The molecule has 0 radical (unpaired) electrons. The van der Waals surface area contributed by atoms with Gasteiger partial charge in [0.25, 0.3) is 0 Å². The van der Waals surface area contributed by atoms with Gasteiger partial charge in [-0.1, -0.05) is 71.1 Å². The quantitative estimate of drug-likeness (QED) is 0.382. The minimum atomic E-state index is -0.508. The number of hydrogen-bond acceptors (Lipinski definition) is 3. The Hall–Kier alpha value is -0.610. The van der Waals surface area contributed by atoms with Crippen LogP contribution in [0.15, 0.2) is 0 Å². The highest BCUT2D eigenvalue weighted by atomic mass is 16.3. The zero-order valence-corrected chi connectivity index (χ0v) is 14.6. The molecule has 1 atom stereocenters. The Bertz CT molecular complexity index is 247. The summed E-state index contributed by atoms with van der Waals surface area (Å²) < 4.78 is 0. The zero-order chi connectivity index (χ0) is 16.5. The maximum absolute atomic E-state index is 11.6. The van der Waals surface area contributed by atoms with E-state index in [2.05, 4.69) is 12.2 Å². The number of carbonyl (C=O) groups is 1. The number of nitrogens with two attached hydrogens (primary N) is 1. The molecule has 0 heterocycles. The van der Waals surface area contributed by atoms with Crippen molar-refractivity contribution in [2.24, 2.45) is 5.73 Å². The standard InChI is InChI=1S/C18H38N2O2/c1-2-3-4-5-6-7-8-9-10-11-12-13-18(22)20-16-17(21)14-15-19/h17,21H,2-16,19H2,1H3,(H,20,22). The smallest absolute Gasteiger partial charge is 0.220 e. The average Bonchev–Trinajstić information content (AvgIpc) is 2.51. The monoisotopic (exact) mass is 314 g/mol. The van der Waals surface area contributed by atoms with Gasteiger partial charge in [0, 0.05) is 13.0 Å². The van der Waals surface area contributed by atoms with E-state index in [1.54, 1.807) is 0 Å². The first kappa shape index (κ1) is 21.4. The molecule has 0 rings (SSSR count). The summed E-state index contributed by atoms with van der Waals surface area (Å²) in [7, 11) is 0. The molecule has 0 bridgehead atoms. The van der Waals surface area contributed by atoms with E-state index in [1.807, 2.05) is 0 Å². The Labute approximate surface area is 137 Å². The average molecular weight is 315 g/mol. The molecule has 0 saturated carbocycles. The van der Waals surface area contributed by atoms with Crippen molar-refractivity contribution in [1.29, 1.82) is 0 Å². The summed E-state index contributed by atoms with van der Waals surface area (Å²) in [5, 5.41) is 12.2. The van der Waals surface area contributed by atoms with Crippen molar-refractivity contribution in [2.45, 2.75) is 96.5 Å². The number of unbranched alkanes of at least 4 members (excludes halogenated alkanes) is 10. The minimum Gasteiger partial charge on any atom is -0.391 e. The van der Waals surface area contributed by atoms with Crippen LogP contribution in [-0.4, -0.2) is 30.2 Å². The molecule has 0 aromatic rings. The molecule has 0 spiro atoms. The number of nitrogens with one attached hydrogen (secondary N) is 1. The fourth-order valence-corrected chi connectivity index (χ4v) is 2.56. The number of amides is 1. The van der Waals surface area contributed by atoms with E-state index in [1.165, 1.54) is 57.8 Å². The zero-order valence-electron chi connectivity index (χ0n) is 14.6. The van der Waals surface area contributed by atoms with E-state index in [0.29, 0.717) is 25.9 Å². The van der Waals surface area contributed by atoms with Crippen LogP contribution in [0.1, 0.15) is 90.4 Å². The lowest BCUT2D eigenvalue weighted by Crippen LogP contribution is -2.33. The van der Waals surface area contributed by atoms with Crippen molar-refractivity contribution >= 4 is 5.91 Å². The maximum Gasteiger partial charge on any atom is 0.220 e. The number of aliphatic hydroxyl groups excluding tert-OH is 1. The lowest BCUT2D eigenvalue weighted by molar-refractivity contribution is -0.121. The second kappa shape index (κ2) is 16.8. The summed E-state index contributed by atoms with van der Waals surface area (Å²) in [5.41, 5.74) is 5.34. The van der Waals surface area contributed by atoms with Crippen molar-refractivity contribution in [3.8, 4) is 0 Å². The van der Waals surface area contributed by atoms with Crippen LogP contribution in [0, 0.1) is 0 Å². The first-order valence-corrected chi connectivity index (χ1v) is 9.35. The van der Waals surface area contributed by atoms with Gasteiger partial charge >= 0.3 is 0 Å². The third-order valence-electron chi connectivity index (χ3n) is 4.04. The molecule has 1 unspecified atom stereocenters. The van der Waals surface area contributed by atoms with Crippen molar-refractivity contribution in [3.63, 3.8) is 0 Å². The Kier molecular flexibility index (Phi) is 16.3. The Morgan fingerprint density at radius 3 is 1.95 bits per heavy atom. The third-order valence-corrected chi connectivity index (χ3v) is 4.04. The van der Waals surface area contributed by atoms with Crippen LogP contribution in [-0.2, 0) is 4.79 Å². The normalized spacial score (nSPS) is 12.3. The second-order valence-corrected chi connectivity index (χ2v) is 6.32. The Balaban J connectivity index is 3.20. The molecular formula is C18H38N2O2. The van der Waals surface area contributed by atoms with E-state index < -0.39 is 6.10 Å². The van der Waals surface area contributed by atoms with Crippen LogP contribution in [0.3, 0.4) is 0 Å². The van der Waals surface area contributed by atoms with Gasteiger partial charge in [0.2, 0.25) is 5.91 Å². The molecule has 4 N–H and O–H groups in total. The SMILES string of the molecule is CCCCCCCCCCCCCC(=O)NCC(O)CCN. The van der Waals surface area contributed by atoms with Crippen molar-refractivity contribution in [1.82, 2.24) is 5.32 Å². The molecule has 0 aliphatic heterocycles. The highest BCUT2D eigenvalue weighted by molar-refractivity contribution is 5.75. The van der Waals surface area contributed by atoms with Crippen LogP contribution in [0.4, 0.5) is 0 Å². The van der Waals surface area contributed by atoms with Crippen LogP contribution < -0.4 is 11.1 Å². The fraction of sp³-hybridized carbons (Fsp3) is 0.944. The number of hydrogen-bond donors (Lipinski definition) is 3. The van der Waals surface area contributed by atoms with Gasteiger partial charge in [-0.15, -0.1) is 0 Å². The van der Waals surface area contributed by atoms with E-state index >= 15 is 0 Å². The largest absolute Gasteiger partial charge is 0.391 e. The van der Waals surface area contributed by atoms with Gasteiger partial charge in [-0.25, -0.2) is 0 Å². The molecule has 0 aromatic carbocycles. The summed E-state index contributed by atoms with van der Waals surface area (Å²) in [4.78, 5) is 11.6. The van der Waals surface area contributed by atoms with Gasteiger partial charge in [0.15, 0.2) is 0 Å². The number of carbonyl (C=O) groups excluding carboxylic acids is 1. The lowest BCUT2D eigenvalue weighted by Gasteiger charge is -2.10. The molecule has 132 valence electrons. The first-order chi connectivity index (χ1) is 10.7. The minimum absolute atomic E-state index is 0.0481. The molecule has 0 fully saturated rings. The molecule has 22 heavy (non-hydrogen) atoms. The van der Waals surface area contributed by atoms with E-state index in [-0.39, 0.29) is 5.91 Å². The van der Waals surface area contributed by atoms with Crippen molar-refractivity contribution in [2.75, 3.05) is 13.1 Å². The molecule has 0 aromatic heterocycles.